The lowest BCUT2D eigenvalue weighted by Crippen LogP contribution is -2.37. The largest absolute Gasteiger partial charge is 0.419 e. The van der Waals surface area contributed by atoms with E-state index in [-0.39, 0.29) is 37.0 Å². The highest BCUT2D eigenvalue weighted by Gasteiger charge is 2.41. The molecule has 0 N–H and O–H groups in total. The van der Waals surface area contributed by atoms with Crippen LogP contribution in [-0.2, 0) is 11.3 Å². The second-order valence-electron chi connectivity index (χ2n) is 6.20. The Bertz CT molecular complexity index is 752. The first-order valence-corrected chi connectivity index (χ1v) is 8.21. The SMILES string of the molecule is O=C1CN(C2CCCC2)C(=O)N1Cc1nnc(-c2ccccc2)o1. The van der Waals surface area contributed by atoms with Gasteiger partial charge in [0.25, 0.3) is 5.91 Å². The zero-order valence-corrected chi connectivity index (χ0v) is 13.2. The maximum absolute atomic E-state index is 12.5. The molecule has 124 valence electrons. The molecule has 0 radical (unpaired) electrons. The summed E-state index contributed by atoms with van der Waals surface area (Å²) >= 11 is 0. The molecule has 0 spiro atoms. The Balaban J connectivity index is 1.48. The lowest BCUT2D eigenvalue weighted by Gasteiger charge is -2.22. The Morgan fingerprint density at radius 2 is 1.83 bits per heavy atom. The number of nitrogens with zero attached hydrogens (tertiary/aromatic N) is 4. The van der Waals surface area contributed by atoms with Crippen LogP contribution in [-0.4, -0.2) is 44.5 Å². The van der Waals surface area contributed by atoms with E-state index in [2.05, 4.69) is 10.2 Å². The summed E-state index contributed by atoms with van der Waals surface area (Å²) in [5.74, 6) is 0.451. The third kappa shape index (κ3) is 2.66. The molecule has 24 heavy (non-hydrogen) atoms. The number of urea groups is 1. The third-order valence-corrected chi connectivity index (χ3v) is 4.63. The number of imide groups is 1. The average Bonchev–Trinajstić information content (AvgIpc) is 3.33. The van der Waals surface area contributed by atoms with Crippen LogP contribution in [0.3, 0.4) is 0 Å². The molecule has 0 atom stereocenters. The molecule has 7 heteroatoms. The van der Waals surface area contributed by atoms with E-state index in [0.29, 0.717) is 5.89 Å². The maximum Gasteiger partial charge on any atom is 0.327 e. The molecule has 1 aromatic heterocycles. The fraction of sp³-hybridized carbons (Fsp3) is 0.412. The van der Waals surface area contributed by atoms with Gasteiger partial charge in [0.1, 0.15) is 13.1 Å². The van der Waals surface area contributed by atoms with Gasteiger partial charge in [-0.1, -0.05) is 31.0 Å². The van der Waals surface area contributed by atoms with Crippen molar-refractivity contribution in [2.45, 2.75) is 38.3 Å². The fourth-order valence-electron chi connectivity index (χ4n) is 3.37. The van der Waals surface area contributed by atoms with Gasteiger partial charge in [0.05, 0.1) is 0 Å². The second-order valence-corrected chi connectivity index (χ2v) is 6.20. The van der Waals surface area contributed by atoms with Gasteiger partial charge < -0.3 is 9.32 Å². The van der Waals surface area contributed by atoms with Crippen LogP contribution in [0.1, 0.15) is 31.6 Å². The topological polar surface area (TPSA) is 79.5 Å². The van der Waals surface area contributed by atoms with Crippen LogP contribution in [0.2, 0.25) is 0 Å². The molecule has 2 heterocycles. The van der Waals surface area contributed by atoms with Crippen molar-refractivity contribution in [3.63, 3.8) is 0 Å². The van der Waals surface area contributed by atoms with E-state index in [4.69, 9.17) is 4.42 Å². The number of carbonyl (C=O) groups is 2. The number of hydrogen-bond acceptors (Lipinski definition) is 5. The summed E-state index contributed by atoms with van der Waals surface area (Å²) in [5, 5.41) is 7.96. The van der Waals surface area contributed by atoms with Gasteiger partial charge in [0, 0.05) is 11.6 Å². The van der Waals surface area contributed by atoms with Crippen LogP contribution in [0.4, 0.5) is 4.79 Å². The minimum atomic E-state index is -0.244. The van der Waals surface area contributed by atoms with E-state index in [1.165, 1.54) is 4.90 Å². The van der Waals surface area contributed by atoms with Gasteiger partial charge in [-0.05, 0) is 25.0 Å². The number of amides is 3. The summed E-state index contributed by atoms with van der Waals surface area (Å²) in [4.78, 5) is 27.6. The highest BCUT2D eigenvalue weighted by molar-refractivity contribution is 6.02. The van der Waals surface area contributed by atoms with Crippen LogP contribution in [0, 0.1) is 0 Å². The molecule has 1 saturated heterocycles. The molecule has 2 fully saturated rings. The molecular formula is C17H18N4O3. The second kappa shape index (κ2) is 6.07. The van der Waals surface area contributed by atoms with E-state index >= 15 is 0 Å². The van der Waals surface area contributed by atoms with Crippen LogP contribution in [0.5, 0.6) is 0 Å². The quantitative estimate of drug-likeness (QED) is 0.806. The van der Waals surface area contributed by atoms with Gasteiger partial charge in [-0.15, -0.1) is 10.2 Å². The van der Waals surface area contributed by atoms with E-state index in [1.807, 2.05) is 30.3 Å². The Morgan fingerprint density at radius 3 is 2.58 bits per heavy atom. The van der Waals surface area contributed by atoms with E-state index in [1.54, 1.807) is 4.90 Å². The van der Waals surface area contributed by atoms with Gasteiger partial charge in [0.2, 0.25) is 11.8 Å². The van der Waals surface area contributed by atoms with Crippen molar-refractivity contribution in [2.24, 2.45) is 0 Å². The first-order valence-electron chi connectivity index (χ1n) is 8.21. The standard InChI is InChI=1S/C17H18N4O3/c22-15-11-20(13-8-4-5-9-13)17(23)21(15)10-14-18-19-16(24-14)12-6-2-1-3-7-12/h1-3,6-7,13H,4-5,8-11H2. The maximum atomic E-state index is 12.5. The molecule has 4 rings (SSSR count). The minimum Gasteiger partial charge on any atom is -0.419 e. The van der Waals surface area contributed by atoms with Crippen LogP contribution >= 0.6 is 0 Å². The fourth-order valence-corrected chi connectivity index (χ4v) is 3.37. The lowest BCUT2D eigenvalue weighted by molar-refractivity contribution is -0.126. The molecule has 2 aliphatic rings. The van der Waals surface area contributed by atoms with Crippen molar-refractivity contribution in [3.8, 4) is 11.5 Å². The van der Waals surface area contributed by atoms with Crippen molar-refractivity contribution < 1.29 is 14.0 Å². The molecule has 7 nitrogen and oxygen atoms in total. The van der Waals surface area contributed by atoms with Gasteiger partial charge in [-0.25, -0.2) is 4.79 Å². The van der Waals surface area contributed by atoms with Crippen LogP contribution < -0.4 is 0 Å². The van der Waals surface area contributed by atoms with Crippen molar-refractivity contribution in [3.05, 3.63) is 36.2 Å². The van der Waals surface area contributed by atoms with Crippen molar-refractivity contribution >= 4 is 11.9 Å². The molecule has 0 unspecified atom stereocenters. The highest BCUT2D eigenvalue weighted by Crippen LogP contribution is 2.28. The molecule has 2 aromatic rings. The van der Waals surface area contributed by atoms with Crippen molar-refractivity contribution in [1.29, 1.82) is 0 Å². The summed E-state index contributed by atoms with van der Waals surface area (Å²) in [5.41, 5.74) is 0.808. The number of carbonyl (C=O) groups excluding carboxylic acids is 2. The predicted molar refractivity (Wildman–Crippen MR) is 84.6 cm³/mol. The zero-order valence-electron chi connectivity index (χ0n) is 13.2. The van der Waals surface area contributed by atoms with E-state index in [9.17, 15) is 9.59 Å². The highest BCUT2D eigenvalue weighted by atomic mass is 16.4. The normalized spacial score (nSPS) is 18.8. The van der Waals surface area contributed by atoms with Gasteiger partial charge >= 0.3 is 6.03 Å². The predicted octanol–water partition coefficient (Wildman–Crippen LogP) is 2.44. The molecule has 0 bridgehead atoms. The van der Waals surface area contributed by atoms with Gasteiger partial charge in [-0.2, -0.15) is 0 Å². The molecule has 3 amide bonds. The summed E-state index contributed by atoms with van der Waals surface area (Å²) in [6.07, 6.45) is 4.19. The summed E-state index contributed by atoms with van der Waals surface area (Å²) < 4.78 is 5.60. The van der Waals surface area contributed by atoms with Crippen LogP contribution in [0.15, 0.2) is 34.7 Å². The molecule has 1 saturated carbocycles. The lowest BCUT2D eigenvalue weighted by atomic mass is 10.2. The first kappa shape index (κ1) is 14.9. The Hall–Kier alpha value is -2.70. The average molecular weight is 326 g/mol. The number of aromatic nitrogens is 2. The Labute approximate surface area is 139 Å². The van der Waals surface area contributed by atoms with Crippen molar-refractivity contribution in [2.75, 3.05) is 6.54 Å². The Morgan fingerprint density at radius 1 is 1.08 bits per heavy atom. The van der Waals surface area contributed by atoms with Gasteiger partial charge in [-0.3, -0.25) is 9.69 Å². The number of hydrogen-bond donors (Lipinski definition) is 0. The summed E-state index contributed by atoms with van der Waals surface area (Å²) in [6.45, 7) is 0.184. The molecular weight excluding hydrogens is 308 g/mol. The monoisotopic (exact) mass is 326 g/mol. The van der Waals surface area contributed by atoms with Crippen LogP contribution in [0.25, 0.3) is 11.5 Å². The number of rotatable bonds is 4. The minimum absolute atomic E-state index is 0.0285. The van der Waals surface area contributed by atoms with E-state index in [0.717, 1.165) is 31.2 Å². The summed E-state index contributed by atoms with van der Waals surface area (Å²) in [7, 11) is 0. The Kier molecular flexibility index (Phi) is 3.76. The smallest absolute Gasteiger partial charge is 0.327 e. The molecule has 1 aliphatic carbocycles. The molecule has 1 aromatic carbocycles. The zero-order chi connectivity index (χ0) is 16.5. The van der Waals surface area contributed by atoms with E-state index < -0.39 is 0 Å². The van der Waals surface area contributed by atoms with Gasteiger partial charge in [0.15, 0.2) is 0 Å². The number of benzene rings is 1. The molecule has 1 aliphatic heterocycles. The van der Waals surface area contributed by atoms with Crippen molar-refractivity contribution in [1.82, 2.24) is 20.0 Å². The first-order chi connectivity index (χ1) is 11.7. The summed E-state index contributed by atoms with van der Waals surface area (Å²) in [6, 6.07) is 9.34. The third-order valence-electron chi connectivity index (χ3n) is 4.63.